The molecule has 0 bridgehead atoms. The van der Waals surface area contributed by atoms with Crippen LogP contribution in [0, 0.1) is 12.7 Å². The number of halogens is 2. The van der Waals surface area contributed by atoms with Crippen LogP contribution in [0.5, 0.6) is 0 Å². The molecular formula is C11H11BrFN3. The molecule has 0 amide bonds. The van der Waals surface area contributed by atoms with Gasteiger partial charge in [0.1, 0.15) is 11.6 Å². The van der Waals surface area contributed by atoms with Gasteiger partial charge in [-0.3, -0.25) is 4.68 Å². The van der Waals surface area contributed by atoms with Crippen LogP contribution in [0.2, 0.25) is 0 Å². The zero-order chi connectivity index (χ0) is 11.9. The molecule has 84 valence electrons. The molecule has 16 heavy (non-hydrogen) atoms. The molecule has 0 radical (unpaired) electrons. The summed E-state index contributed by atoms with van der Waals surface area (Å²) in [6, 6.07) is 4.67. The van der Waals surface area contributed by atoms with E-state index in [0.717, 1.165) is 11.1 Å². The van der Waals surface area contributed by atoms with Crippen molar-refractivity contribution in [2.45, 2.75) is 6.92 Å². The van der Waals surface area contributed by atoms with E-state index in [9.17, 15) is 4.39 Å². The number of anilines is 1. The molecule has 2 rings (SSSR count). The quantitative estimate of drug-likeness (QED) is 0.875. The zero-order valence-corrected chi connectivity index (χ0v) is 10.5. The Hall–Kier alpha value is -1.36. The Kier molecular flexibility index (Phi) is 2.71. The third kappa shape index (κ3) is 1.82. The number of nitrogens with zero attached hydrogens (tertiary/aromatic N) is 2. The van der Waals surface area contributed by atoms with Crippen molar-refractivity contribution >= 4 is 21.7 Å². The fraction of sp³-hybridized carbons (Fsp3) is 0.182. The van der Waals surface area contributed by atoms with Crippen LogP contribution >= 0.6 is 15.9 Å². The number of nitrogens with two attached hydrogens (primary N) is 1. The number of hydrogen-bond donors (Lipinski definition) is 1. The molecule has 0 spiro atoms. The van der Waals surface area contributed by atoms with Gasteiger partial charge in [-0.1, -0.05) is 15.9 Å². The molecule has 2 N–H and O–H groups in total. The van der Waals surface area contributed by atoms with Crippen molar-refractivity contribution in [2.75, 3.05) is 5.73 Å². The predicted molar refractivity (Wildman–Crippen MR) is 65.5 cm³/mol. The molecule has 1 heterocycles. The van der Waals surface area contributed by atoms with Crippen molar-refractivity contribution in [1.29, 1.82) is 0 Å². The van der Waals surface area contributed by atoms with E-state index in [1.54, 1.807) is 11.7 Å². The number of rotatable bonds is 1. The summed E-state index contributed by atoms with van der Waals surface area (Å²) in [7, 11) is 1.76. The highest BCUT2D eigenvalue weighted by Crippen LogP contribution is 2.28. The number of aryl methyl sites for hydroxylation is 1. The minimum atomic E-state index is -0.298. The maximum atomic E-state index is 13.3. The predicted octanol–water partition coefficient (Wildman–Crippen LogP) is 2.88. The van der Waals surface area contributed by atoms with Gasteiger partial charge in [-0.25, -0.2) is 4.39 Å². The average Bonchev–Trinajstić information content (AvgIpc) is 2.44. The van der Waals surface area contributed by atoms with Crippen LogP contribution in [0.3, 0.4) is 0 Å². The Morgan fingerprint density at radius 2 is 2.06 bits per heavy atom. The maximum Gasteiger partial charge on any atom is 0.125 e. The van der Waals surface area contributed by atoms with Gasteiger partial charge in [0.2, 0.25) is 0 Å². The van der Waals surface area contributed by atoms with E-state index in [2.05, 4.69) is 21.0 Å². The summed E-state index contributed by atoms with van der Waals surface area (Å²) in [6.07, 6.45) is 0. The monoisotopic (exact) mass is 283 g/mol. The van der Waals surface area contributed by atoms with E-state index in [4.69, 9.17) is 5.73 Å². The van der Waals surface area contributed by atoms with E-state index < -0.39 is 0 Å². The molecule has 1 aromatic heterocycles. The topological polar surface area (TPSA) is 43.8 Å². The lowest BCUT2D eigenvalue weighted by Crippen LogP contribution is -1.97. The van der Waals surface area contributed by atoms with Crippen LogP contribution < -0.4 is 5.73 Å². The molecule has 0 unspecified atom stereocenters. The van der Waals surface area contributed by atoms with Gasteiger partial charge >= 0.3 is 0 Å². The highest BCUT2D eigenvalue weighted by Gasteiger charge is 2.12. The Bertz CT molecular complexity index is 528. The molecular weight excluding hydrogens is 273 g/mol. The van der Waals surface area contributed by atoms with Crippen LogP contribution in [0.25, 0.3) is 11.3 Å². The molecule has 5 heteroatoms. The van der Waals surface area contributed by atoms with Crippen molar-refractivity contribution in [3.05, 3.63) is 34.1 Å². The normalized spacial score (nSPS) is 10.8. The first-order valence-corrected chi connectivity index (χ1v) is 5.54. The summed E-state index contributed by atoms with van der Waals surface area (Å²) in [5.41, 5.74) is 8.10. The molecule has 0 aliphatic heterocycles. The van der Waals surface area contributed by atoms with E-state index in [0.29, 0.717) is 16.0 Å². The summed E-state index contributed by atoms with van der Waals surface area (Å²) < 4.78 is 15.5. The number of benzene rings is 1. The standard InChI is InChI=1S/C11H11BrFN3/c1-6-10(15-16(2)11(6)14)7-3-8(12)5-9(13)4-7/h3-5H,14H2,1-2H3. The summed E-state index contributed by atoms with van der Waals surface area (Å²) in [5, 5.41) is 4.27. The first kappa shape index (κ1) is 11.1. The van der Waals surface area contributed by atoms with Crippen molar-refractivity contribution in [2.24, 2.45) is 7.05 Å². The highest BCUT2D eigenvalue weighted by molar-refractivity contribution is 9.10. The van der Waals surface area contributed by atoms with E-state index in [-0.39, 0.29) is 5.82 Å². The fourth-order valence-electron chi connectivity index (χ4n) is 1.61. The second-order valence-electron chi connectivity index (χ2n) is 3.64. The number of nitrogen functional groups attached to an aromatic ring is 1. The van der Waals surface area contributed by atoms with Crippen molar-refractivity contribution < 1.29 is 4.39 Å². The Morgan fingerprint density at radius 1 is 1.38 bits per heavy atom. The van der Waals surface area contributed by atoms with Gasteiger partial charge in [0.05, 0.1) is 5.69 Å². The molecule has 0 saturated heterocycles. The SMILES string of the molecule is Cc1c(-c2cc(F)cc(Br)c2)nn(C)c1N. The van der Waals surface area contributed by atoms with Crippen molar-refractivity contribution in [3.63, 3.8) is 0 Å². The lowest BCUT2D eigenvalue weighted by molar-refractivity contribution is 0.627. The second-order valence-corrected chi connectivity index (χ2v) is 4.56. The Morgan fingerprint density at radius 3 is 2.56 bits per heavy atom. The first-order valence-electron chi connectivity index (χ1n) is 4.74. The van der Waals surface area contributed by atoms with Crippen molar-refractivity contribution in [1.82, 2.24) is 9.78 Å². The van der Waals surface area contributed by atoms with Gasteiger partial charge in [0.25, 0.3) is 0 Å². The van der Waals surface area contributed by atoms with Crippen LogP contribution in [-0.4, -0.2) is 9.78 Å². The Labute approximate surface area is 101 Å². The first-order chi connectivity index (χ1) is 7.49. The van der Waals surface area contributed by atoms with E-state index >= 15 is 0 Å². The highest BCUT2D eigenvalue weighted by atomic mass is 79.9. The molecule has 2 aromatic rings. The van der Waals surface area contributed by atoms with Crippen LogP contribution in [0.4, 0.5) is 10.2 Å². The Balaban J connectivity index is 2.62. The smallest absolute Gasteiger partial charge is 0.125 e. The van der Waals surface area contributed by atoms with Gasteiger partial charge in [0, 0.05) is 22.6 Å². The fourth-order valence-corrected chi connectivity index (χ4v) is 2.07. The summed E-state index contributed by atoms with van der Waals surface area (Å²) >= 11 is 3.25. The minimum Gasteiger partial charge on any atom is -0.384 e. The molecule has 0 atom stereocenters. The molecule has 0 aliphatic rings. The zero-order valence-electron chi connectivity index (χ0n) is 8.96. The van der Waals surface area contributed by atoms with Gasteiger partial charge < -0.3 is 5.73 Å². The van der Waals surface area contributed by atoms with Gasteiger partial charge in [-0.2, -0.15) is 5.10 Å². The second kappa shape index (κ2) is 3.90. The third-order valence-electron chi connectivity index (χ3n) is 2.47. The molecule has 0 aliphatic carbocycles. The van der Waals surface area contributed by atoms with E-state index in [1.165, 1.54) is 12.1 Å². The molecule has 0 fully saturated rings. The average molecular weight is 284 g/mol. The minimum absolute atomic E-state index is 0.298. The number of hydrogen-bond acceptors (Lipinski definition) is 2. The van der Waals surface area contributed by atoms with Gasteiger partial charge in [-0.15, -0.1) is 0 Å². The summed E-state index contributed by atoms with van der Waals surface area (Å²) in [4.78, 5) is 0. The molecule has 1 aromatic carbocycles. The lowest BCUT2D eigenvalue weighted by atomic mass is 10.1. The molecule has 3 nitrogen and oxygen atoms in total. The van der Waals surface area contributed by atoms with E-state index in [1.807, 2.05) is 13.0 Å². The van der Waals surface area contributed by atoms with Crippen LogP contribution in [0.15, 0.2) is 22.7 Å². The largest absolute Gasteiger partial charge is 0.384 e. The van der Waals surface area contributed by atoms with Gasteiger partial charge in [0.15, 0.2) is 0 Å². The summed E-state index contributed by atoms with van der Waals surface area (Å²) in [6.45, 7) is 1.87. The van der Waals surface area contributed by atoms with Gasteiger partial charge in [-0.05, 0) is 25.1 Å². The third-order valence-corrected chi connectivity index (χ3v) is 2.93. The van der Waals surface area contributed by atoms with Crippen LogP contribution in [-0.2, 0) is 7.05 Å². The van der Waals surface area contributed by atoms with Crippen LogP contribution in [0.1, 0.15) is 5.56 Å². The summed E-state index contributed by atoms with van der Waals surface area (Å²) in [5.74, 6) is 0.295. The number of aromatic nitrogens is 2. The van der Waals surface area contributed by atoms with Crippen molar-refractivity contribution in [3.8, 4) is 11.3 Å². The lowest BCUT2D eigenvalue weighted by Gasteiger charge is -2.00. The maximum absolute atomic E-state index is 13.3. The molecule has 0 saturated carbocycles.